The number of H-pyrrole nitrogens is 1. The van der Waals surface area contributed by atoms with E-state index in [0.717, 1.165) is 6.08 Å². The van der Waals surface area contributed by atoms with Gasteiger partial charge in [-0.25, -0.2) is 9.18 Å². The lowest BCUT2D eigenvalue weighted by molar-refractivity contribution is -0.131. The summed E-state index contributed by atoms with van der Waals surface area (Å²) in [6.07, 6.45) is 3.87. The smallest absolute Gasteiger partial charge is 0.328 e. The number of aromatic amines is 1. The predicted octanol–water partition coefficient (Wildman–Crippen LogP) is 2.31. The molecule has 0 unspecified atom stereocenters. The number of rotatable bonds is 3. The van der Waals surface area contributed by atoms with Crippen LogP contribution in [0.5, 0.6) is 0 Å². The number of benzene rings is 1. The van der Waals surface area contributed by atoms with Crippen molar-refractivity contribution in [2.45, 2.75) is 0 Å². The molecule has 1 heterocycles. The fourth-order valence-corrected chi connectivity index (χ4v) is 1.46. The van der Waals surface area contributed by atoms with Crippen molar-refractivity contribution < 1.29 is 14.3 Å². The summed E-state index contributed by atoms with van der Waals surface area (Å²) in [7, 11) is 0. The molecule has 2 rings (SSSR count). The second kappa shape index (κ2) is 4.61. The van der Waals surface area contributed by atoms with E-state index in [2.05, 4.69) is 10.2 Å². The molecule has 0 radical (unpaired) electrons. The number of hydrogen-bond acceptors (Lipinski definition) is 2. The van der Waals surface area contributed by atoms with Crippen LogP contribution in [0.15, 0.2) is 36.5 Å². The van der Waals surface area contributed by atoms with Crippen molar-refractivity contribution in [3.8, 4) is 11.3 Å². The summed E-state index contributed by atoms with van der Waals surface area (Å²) in [6.45, 7) is 0. The number of nitrogens with zero attached hydrogens (tertiary/aromatic N) is 1. The van der Waals surface area contributed by atoms with Gasteiger partial charge in [0.15, 0.2) is 0 Å². The van der Waals surface area contributed by atoms with Crippen molar-refractivity contribution in [3.63, 3.8) is 0 Å². The first kappa shape index (κ1) is 11.1. The molecule has 0 atom stereocenters. The summed E-state index contributed by atoms with van der Waals surface area (Å²) in [5.74, 6) is -1.46. The molecule has 0 aliphatic rings. The first-order valence-electron chi connectivity index (χ1n) is 4.88. The van der Waals surface area contributed by atoms with Gasteiger partial charge in [0.05, 0.1) is 0 Å². The number of hydrogen-bond donors (Lipinski definition) is 2. The van der Waals surface area contributed by atoms with Crippen LogP contribution >= 0.6 is 0 Å². The number of aromatic nitrogens is 2. The SMILES string of the molecule is O=C(O)/C=C/c1c[nH]nc1-c1ccccc1F. The van der Waals surface area contributed by atoms with Crippen molar-refractivity contribution in [1.82, 2.24) is 10.2 Å². The second-order valence-corrected chi connectivity index (χ2v) is 3.34. The van der Waals surface area contributed by atoms with Crippen LogP contribution in [0, 0.1) is 5.82 Å². The Morgan fingerprint density at radius 3 is 2.88 bits per heavy atom. The third-order valence-electron chi connectivity index (χ3n) is 2.20. The number of carbonyl (C=O) groups is 1. The minimum atomic E-state index is -1.06. The van der Waals surface area contributed by atoms with E-state index in [1.807, 2.05) is 0 Å². The van der Waals surface area contributed by atoms with E-state index in [4.69, 9.17) is 5.11 Å². The summed E-state index contributed by atoms with van der Waals surface area (Å²) in [5, 5.41) is 15.0. The lowest BCUT2D eigenvalue weighted by Crippen LogP contribution is -1.88. The Bertz CT molecular complexity index is 575. The highest BCUT2D eigenvalue weighted by Crippen LogP contribution is 2.24. The molecule has 0 saturated carbocycles. The Labute approximate surface area is 96.4 Å². The molecule has 2 aromatic rings. The maximum Gasteiger partial charge on any atom is 0.328 e. The molecule has 0 saturated heterocycles. The van der Waals surface area contributed by atoms with Crippen LogP contribution in [0.2, 0.25) is 0 Å². The molecule has 1 aromatic heterocycles. The highest BCUT2D eigenvalue weighted by molar-refractivity contribution is 5.87. The largest absolute Gasteiger partial charge is 0.478 e. The number of halogens is 1. The highest BCUT2D eigenvalue weighted by atomic mass is 19.1. The summed E-state index contributed by atoms with van der Waals surface area (Å²) in [5.41, 5.74) is 1.25. The van der Waals surface area contributed by atoms with Crippen molar-refractivity contribution in [3.05, 3.63) is 47.9 Å². The van der Waals surface area contributed by atoms with Crippen LogP contribution in [-0.4, -0.2) is 21.3 Å². The summed E-state index contributed by atoms with van der Waals surface area (Å²) < 4.78 is 13.5. The Balaban J connectivity index is 2.44. The van der Waals surface area contributed by atoms with Gasteiger partial charge in [0.2, 0.25) is 0 Å². The normalized spacial score (nSPS) is 10.9. The Morgan fingerprint density at radius 2 is 2.18 bits per heavy atom. The minimum absolute atomic E-state index is 0.332. The van der Waals surface area contributed by atoms with Crippen molar-refractivity contribution in [2.24, 2.45) is 0 Å². The molecule has 4 nitrogen and oxygen atoms in total. The van der Waals surface area contributed by atoms with E-state index in [1.54, 1.807) is 18.2 Å². The van der Waals surface area contributed by atoms with Gasteiger partial charge in [0, 0.05) is 23.4 Å². The molecule has 0 aliphatic carbocycles. The van der Waals surface area contributed by atoms with Crippen LogP contribution in [0.4, 0.5) is 4.39 Å². The predicted molar refractivity (Wildman–Crippen MR) is 60.7 cm³/mol. The van der Waals surface area contributed by atoms with E-state index in [-0.39, 0.29) is 0 Å². The van der Waals surface area contributed by atoms with Crippen LogP contribution in [0.1, 0.15) is 5.56 Å². The second-order valence-electron chi connectivity index (χ2n) is 3.34. The summed E-state index contributed by atoms with van der Waals surface area (Å²) in [4.78, 5) is 10.4. The zero-order valence-corrected chi connectivity index (χ0v) is 8.72. The van der Waals surface area contributed by atoms with Gasteiger partial charge in [-0.15, -0.1) is 0 Å². The molecular weight excluding hydrogens is 223 g/mol. The fraction of sp³-hybridized carbons (Fsp3) is 0. The van der Waals surface area contributed by atoms with Crippen LogP contribution in [-0.2, 0) is 4.79 Å². The van der Waals surface area contributed by atoms with Crippen molar-refractivity contribution in [1.29, 1.82) is 0 Å². The van der Waals surface area contributed by atoms with Gasteiger partial charge in [-0.05, 0) is 18.2 Å². The lowest BCUT2D eigenvalue weighted by Gasteiger charge is -1.99. The third kappa shape index (κ3) is 2.39. The molecule has 17 heavy (non-hydrogen) atoms. The molecule has 0 amide bonds. The van der Waals surface area contributed by atoms with Gasteiger partial charge < -0.3 is 5.11 Å². The summed E-state index contributed by atoms with van der Waals surface area (Å²) in [6, 6.07) is 6.19. The maximum atomic E-state index is 13.5. The van der Waals surface area contributed by atoms with Gasteiger partial charge in [-0.2, -0.15) is 5.10 Å². The topological polar surface area (TPSA) is 66.0 Å². The molecule has 0 bridgehead atoms. The maximum absolute atomic E-state index is 13.5. The quantitative estimate of drug-likeness (QED) is 0.798. The monoisotopic (exact) mass is 232 g/mol. The van der Waals surface area contributed by atoms with Gasteiger partial charge in [-0.1, -0.05) is 12.1 Å². The molecular formula is C12H9FN2O2. The van der Waals surface area contributed by atoms with Crippen molar-refractivity contribution >= 4 is 12.0 Å². The number of carboxylic acids is 1. The van der Waals surface area contributed by atoms with Gasteiger partial charge in [0.1, 0.15) is 11.5 Å². The Morgan fingerprint density at radius 1 is 1.41 bits per heavy atom. The van der Waals surface area contributed by atoms with E-state index in [0.29, 0.717) is 16.8 Å². The molecule has 0 fully saturated rings. The Kier molecular flexibility index (Phi) is 3.00. The van der Waals surface area contributed by atoms with E-state index >= 15 is 0 Å². The molecule has 5 heteroatoms. The number of nitrogens with one attached hydrogen (secondary N) is 1. The molecule has 0 aliphatic heterocycles. The van der Waals surface area contributed by atoms with Crippen LogP contribution in [0.3, 0.4) is 0 Å². The average molecular weight is 232 g/mol. The molecule has 2 N–H and O–H groups in total. The zero-order chi connectivity index (χ0) is 12.3. The minimum Gasteiger partial charge on any atom is -0.478 e. The first-order chi connectivity index (χ1) is 8.18. The lowest BCUT2D eigenvalue weighted by atomic mass is 10.1. The Hall–Kier alpha value is -2.43. The fourth-order valence-electron chi connectivity index (χ4n) is 1.46. The highest BCUT2D eigenvalue weighted by Gasteiger charge is 2.10. The molecule has 1 aromatic carbocycles. The zero-order valence-electron chi connectivity index (χ0n) is 8.72. The van der Waals surface area contributed by atoms with Gasteiger partial charge >= 0.3 is 5.97 Å². The summed E-state index contributed by atoms with van der Waals surface area (Å²) >= 11 is 0. The van der Waals surface area contributed by atoms with Crippen molar-refractivity contribution in [2.75, 3.05) is 0 Å². The molecule has 86 valence electrons. The van der Waals surface area contributed by atoms with Gasteiger partial charge in [0.25, 0.3) is 0 Å². The van der Waals surface area contributed by atoms with Gasteiger partial charge in [-0.3, -0.25) is 5.10 Å². The standard InChI is InChI=1S/C12H9FN2O2/c13-10-4-2-1-3-9(10)12-8(7-14-15-12)5-6-11(16)17/h1-7H,(H,14,15)(H,16,17)/b6-5+. The molecule has 0 spiro atoms. The van der Waals surface area contributed by atoms with E-state index < -0.39 is 11.8 Å². The van der Waals surface area contributed by atoms with Crippen LogP contribution < -0.4 is 0 Å². The first-order valence-corrected chi connectivity index (χ1v) is 4.88. The van der Waals surface area contributed by atoms with E-state index in [1.165, 1.54) is 18.3 Å². The van der Waals surface area contributed by atoms with E-state index in [9.17, 15) is 9.18 Å². The third-order valence-corrected chi connectivity index (χ3v) is 2.20. The number of carboxylic acid groups (broad SMARTS) is 1. The average Bonchev–Trinajstić information content (AvgIpc) is 2.75. The number of aliphatic carboxylic acids is 1. The van der Waals surface area contributed by atoms with Crippen LogP contribution in [0.25, 0.3) is 17.3 Å².